The highest BCUT2D eigenvalue weighted by Crippen LogP contribution is 2.43. The maximum atomic E-state index is 13.5. The van der Waals surface area contributed by atoms with Crippen LogP contribution in [0.15, 0.2) is 35.1 Å². The molecule has 2 amide bonds. The number of fused-ring (bicyclic) bond motifs is 1. The number of benzene rings is 1. The SMILES string of the molecule is Cn1cncc1C(=O)NCC1CC2(CCOCC2)CN1C(=O)c1ccc2oc(N)nc2c1. The van der Waals surface area contributed by atoms with Gasteiger partial charge in [0.25, 0.3) is 17.8 Å². The van der Waals surface area contributed by atoms with Gasteiger partial charge in [0.2, 0.25) is 0 Å². The molecule has 0 saturated carbocycles. The number of amides is 2. The molecule has 0 aliphatic carbocycles. The number of rotatable bonds is 4. The molecule has 0 bridgehead atoms. The molecule has 5 rings (SSSR count). The number of carbonyl (C=O) groups is 2. The fraction of sp³-hybridized carbons (Fsp3) is 0.455. The lowest BCUT2D eigenvalue weighted by Crippen LogP contribution is -2.43. The molecule has 4 heterocycles. The van der Waals surface area contributed by atoms with Gasteiger partial charge < -0.3 is 29.7 Å². The second-order valence-electron chi connectivity index (χ2n) is 8.74. The standard InChI is InChI=1S/C22H26N6O4/c1-27-13-24-11-17(27)19(29)25-10-15-9-22(4-6-31-7-5-22)12-28(15)20(30)14-2-3-18-16(8-14)26-21(23)32-18/h2-3,8,11,13,15H,4-7,9-10,12H2,1H3,(H2,23,26)(H,25,29). The minimum atomic E-state index is -0.204. The molecule has 2 saturated heterocycles. The summed E-state index contributed by atoms with van der Waals surface area (Å²) in [6, 6.07) is 5.11. The molecule has 168 valence electrons. The van der Waals surface area contributed by atoms with E-state index in [0.29, 0.717) is 48.7 Å². The van der Waals surface area contributed by atoms with Gasteiger partial charge in [0.1, 0.15) is 11.2 Å². The van der Waals surface area contributed by atoms with Gasteiger partial charge in [-0.3, -0.25) is 9.59 Å². The summed E-state index contributed by atoms with van der Waals surface area (Å²) in [5.41, 5.74) is 7.76. The molecule has 10 nitrogen and oxygen atoms in total. The van der Waals surface area contributed by atoms with E-state index in [2.05, 4.69) is 15.3 Å². The number of hydrogen-bond acceptors (Lipinski definition) is 7. The summed E-state index contributed by atoms with van der Waals surface area (Å²) in [5, 5.41) is 2.99. The van der Waals surface area contributed by atoms with Crippen molar-refractivity contribution in [2.75, 3.05) is 32.0 Å². The van der Waals surface area contributed by atoms with E-state index in [9.17, 15) is 9.59 Å². The normalized spacial score (nSPS) is 20.2. The third kappa shape index (κ3) is 3.70. The third-order valence-corrected chi connectivity index (χ3v) is 6.63. The van der Waals surface area contributed by atoms with Crippen molar-refractivity contribution in [1.29, 1.82) is 0 Å². The number of nitrogen functional groups attached to an aromatic ring is 1. The molecule has 2 aromatic heterocycles. The smallest absolute Gasteiger partial charge is 0.292 e. The van der Waals surface area contributed by atoms with Gasteiger partial charge in [0.15, 0.2) is 5.58 Å². The summed E-state index contributed by atoms with van der Waals surface area (Å²) in [7, 11) is 1.77. The molecule has 2 aliphatic heterocycles. The summed E-state index contributed by atoms with van der Waals surface area (Å²) in [6.07, 6.45) is 5.76. The highest BCUT2D eigenvalue weighted by atomic mass is 16.5. The lowest BCUT2D eigenvalue weighted by atomic mass is 9.78. The van der Waals surface area contributed by atoms with Crippen LogP contribution >= 0.6 is 0 Å². The summed E-state index contributed by atoms with van der Waals surface area (Å²) < 4.78 is 12.6. The first-order valence-electron chi connectivity index (χ1n) is 10.7. The molecule has 0 radical (unpaired) electrons. The Balaban J connectivity index is 1.38. The van der Waals surface area contributed by atoms with Gasteiger partial charge in [-0.2, -0.15) is 4.98 Å². The average molecular weight is 438 g/mol. The lowest BCUT2D eigenvalue weighted by molar-refractivity contribution is 0.0190. The average Bonchev–Trinajstić information content (AvgIpc) is 3.47. The quantitative estimate of drug-likeness (QED) is 0.633. The van der Waals surface area contributed by atoms with Gasteiger partial charge in [-0.1, -0.05) is 0 Å². The van der Waals surface area contributed by atoms with E-state index in [0.717, 1.165) is 19.3 Å². The van der Waals surface area contributed by atoms with Gasteiger partial charge >= 0.3 is 0 Å². The molecule has 2 fully saturated rings. The molecule has 3 aromatic rings. The molecule has 3 N–H and O–H groups in total. The molecule has 10 heteroatoms. The highest BCUT2D eigenvalue weighted by molar-refractivity contribution is 5.98. The number of carbonyl (C=O) groups excluding carboxylic acids is 2. The van der Waals surface area contributed by atoms with Crippen LogP contribution in [0.4, 0.5) is 6.01 Å². The molecule has 1 aromatic carbocycles. The van der Waals surface area contributed by atoms with Gasteiger partial charge in [-0.15, -0.1) is 0 Å². The fourth-order valence-corrected chi connectivity index (χ4v) is 4.87. The zero-order valence-corrected chi connectivity index (χ0v) is 17.9. The van der Waals surface area contributed by atoms with Crippen molar-refractivity contribution in [3.05, 3.63) is 42.0 Å². The number of anilines is 1. The van der Waals surface area contributed by atoms with Crippen molar-refractivity contribution in [2.45, 2.75) is 25.3 Å². The minimum Gasteiger partial charge on any atom is -0.424 e. The summed E-state index contributed by atoms with van der Waals surface area (Å²) in [6.45, 7) is 2.40. The Morgan fingerprint density at radius 2 is 2.12 bits per heavy atom. The third-order valence-electron chi connectivity index (χ3n) is 6.63. The Bertz CT molecular complexity index is 1160. The number of likely N-dealkylation sites (tertiary alicyclic amines) is 1. The van der Waals surface area contributed by atoms with Gasteiger partial charge in [-0.25, -0.2) is 4.98 Å². The predicted molar refractivity (Wildman–Crippen MR) is 116 cm³/mol. The van der Waals surface area contributed by atoms with E-state index in [4.69, 9.17) is 14.9 Å². The summed E-state index contributed by atoms with van der Waals surface area (Å²) in [4.78, 5) is 36.2. The van der Waals surface area contributed by atoms with Crippen LogP contribution < -0.4 is 11.1 Å². The Morgan fingerprint density at radius 1 is 1.31 bits per heavy atom. The van der Waals surface area contributed by atoms with Crippen molar-refractivity contribution >= 4 is 28.9 Å². The second-order valence-corrected chi connectivity index (χ2v) is 8.74. The van der Waals surface area contributed by atoms with E-state index < -0.39 is 0 Å². The topological polar surface area (TPSA) is 129 Å². The molecule has 2 aliphatic rings. The summed E-state index contributed by atoms with van der Waals surface area (Å²) in [5.74, 6) is -0.290. The van der Waals surface area contributed by atoms with Crippen LogP contribution in [0.5, 0.6) is 0 Å². The van der Waals surface area contributed by atoms with E-state index in [-0.39, 0.29) is 29.3 Å². The number of aryl methyl sites for hydroxylation is 1. The number of nitrogens with zero attached hydrogens (tertiary/aromatic N) is 4. The molecule has 1 atom stereocenters. The zero-order valence-electron chi connectivity index (χ0n) is 17.9. The first kappa shape index (κ1) is 20.5. The molecular formula is C22H26N6O4. The minimum absolute atomic E-state index is 0.0122. The highest BCUT2D eigenvalue weighted by Gasteiger charge is 2.46. The first-order chi connectivity index (χ1) is 15.4. The van der Waals surface area contributed by atoms with E-state index in [1.165, 1.54) is 6.20 Å². The maximum Gasteiger partial charge on any atom is 0.292 e. The number of hydrogen-bond donors (Lipinski definition) is 2. The van der Waals surface area contributed by atoms with E-state index in [1.807, 2.05) is 4.90 Å². The van der Waals surface area contributed by atoms with Gasteiger partial charge in [0.05, 0.1) is 12.5 Å². The second kappa shape index (κ2) is 7.94. The Morgan fingerprint density at radius 3 is 2.88 bits per heavy atom. The van der Waals surface area contributed by atoms with E-state index in [1.54, 1.807) is 36.1 Å². The van der Waals surface area contributed by atoms with Crippen LogP contribution in [0.2, 0.25) is 0 Å². The van der Waals surface area contributed by atoms with Gasteiger partial charge in [-0.05, 0) is 42.9 Å². The number of ether oxygens (including phenoxy) is 1. The largest absolute Gasteiger partial charge is 0.424 e. The van der Waals surface area contributed by atoms with Crippen molar-refractivity contribution in [3.8, 4) is 0 Å². The first-order valence-corrected chi connectivity index (χ1v) is 10.7. The van der Waals surface area contributed by atoms with Crippen LogP contribution in [0.25, 0.3) is 11.1 Å². The predicted octanol–water partition coefficient (Wildman–Crippen LogP) is 1.58. The summed E-state index contributed by atoms with van der Waals surface area (Å²) >= 11 is 0. The van der Waals surface area contributed by atoms with E-state index >= 15 is 0 Å². The molecule has 1 unspecified atom stereocenters. The van der Waals surface area contributed by atoms with Crippen molar-refractivity contribution in [1.82, 2.24) is 24.8 Å². The number of nitrogens with one attached hydrogen (secondary N) is 1. The van der Waals surface area contributed by atoms with Gasteiger partial charge in [0, 0.05) is 45.0 Å². The van der Waals surface area contributed by atoms with Crippen LogP contribution in [0.1, 0.15) is 40.1 Å². The van der Waals surface area contributed by atoms with Crippen LogP contribution in [-0.2, 0) is 11.8 Å². The Labute approximate surface area is 184 Å². The van der Waals surface area contributed by atoms with Crippen LogP contribution in [0, 0.1) is 5.41 Å². The van der Waals surface area contributed by atoms with Crippen LogP contribution in [-0.4, -0.2) is 63.6 Å². The monoisotopic (exact) mass is 438 g/mol. The number of oxazole rings is 1. The Hall–Kier alpha value is -3.40. The Kier molecular flexibility index (Phi) is 5.09. The number of nitrogens with two attached hydrogens (primary N) is 1. The fourth-order valence-electron chi connectivity index (χ4n) is 4.87. The molecule has 1 spiro atoms. The number of imidazole rings is 1. The zero-order chi connectivity index (χ0) is 22.3. The van der Waals surface area contributed by atoms with Crippen LogP contribution in [0.3, 0.4) is 0 Å². The molecular weight excluding hydrogens is 412 g/mol. The van der Waals surface area contributed by atoms with Crippen molar-refractivity contribution in [2.24, 2.45) is 12.5 Å². The van der Waals surface area contributed by atoms with Crippen molar-refractivity contribution in [3.63, 3.8) is 0 Å². The maximum absolute atomic E-state index is 13.5. The lowest BCUT2D eigenvalue weighted by Gasteiger charge is -2.33. The van der Waals surface area contributed by atoms with Crippen molar-refractivity contribution < 1.29 is 18.7 Å². The molecule has 32 heavy (non-hydrogen) atoms. The number of aromatic nitrogens is 3.